The van der Waals surface area contributed by atoms with Crippen molar-refractivity contribution in [3.05, 3.63) is 39.6 Å². The Morgan fingerprint density at radius 1 is 1.50 bits per heavy atom. The summed E-state index contributed by atoms with van der Waals surface area (Å²) in [4.78, 5) is 15.9. The second-order valence-corrected chi connectivity index (χ2v) is 5.10. The molecule has 0 N–H and O–H groups in total. The summed E-state index contributed by atoms with van der Waals surface area (Å²) in [6.45, 7) is 1.50. The second kappa shape index (κ2) is 4.43. The molecule has 2 nitrogen and oxygen atoms in total. The Bertz CT molecular complexity index is 553. The molecule has 0 amide bonds. The summed E-state index contributed by atoms with van der Waals surface area (Å²) in [6, 6.07) is 4.39. The van der Waals surface area contributed by atoms with E-state index < -0.39 is 0 Å². The summed E-state index contributed by atoms with van der Waals surface area (Å²) in [5, 5.41) is 0.706. The van der Waals surface area contributed by atoms with Crippen LogP contribution in [0.4, 0.5) is 4.39 Å². The number of hydrogen-bond acceptors (Lipinski definition) is 3. The first kappa shape index (κ1) is 11.4. The molecule has 0 saturated carbocycles. The normalized spacial score (nSPS) is 10.4. The number of halogens is 2. The van der Waals surface area contributed by atoms with E-state index in [1.807, 2.05) is 0 Å². The molecule has 0 unspecified atom stereocenters. The lowest BCUT2D eigenvalue weighted by atomic mass is 10.2. The molecule has 82 valence electrons. The van der Waals surface area contributed by atoms with Crippen LogP contribution >= 0.6 is 27.3 Å². The SMILES string of the molecule is CC(=O)c1cnc(-c2ccc(F)cc2Br)s1. The highest BCUT2D eigenvalue weighted by Crippen LogP contribution is 2.31. The first-order valence-corrected chi connectivity index (χ1v) is 6.11. The minimum Gasteiger partial charge on any atom is -0.294 e. The van der Waals surface area contributed by atoms with Crippen LogP contribution < -0.4 is 0 Å². The first-order chi connectivity index (χ1) is 7.58. The zero-order chi connectivity index (χ0) is 11.7. The van der Waals surface area contributed by atoms with Crippen LogP contribution in [-0.2, 0) is 0 Å². The van der Waals surface area contributed by atoms with Crippen LogP contribution in [0.25, 0.3) is 10.6 Å². The van der Waals surface area contributed by atoms with Crippen molar-refractivity contribution in [2.45, 2.75) is 6.92 Å². The fourth-order valence-corrected chi connectivity index (χ4v) is 2.74. The Kier molecular flexibility index (Phi) is 3.16. The highest BCUT2D eigenvalue weighted by molar-refractivity contribution is 9.10. The van der Waals surface area contributed by atoms with Crippen molar-refractivity contribution < 1.29 is 9.18 Å². The third-order valence-electron chi connectivity index (χ3n) is 2.01. The van der Waals surface area contributed by atoms with Gasteiger partial charge < -0.3 is 0 Å². The van der Waals surface area contributed by atoms with E-state index in [0.29, 0.717) is 14.4 Å². The van der Waals surface area contributed by atoms with Gasteiger partial charge in [-0.25, -0.2) is 9.37 Å². The number of nitrogens with zero attached hydrogens (tertiary/aromatic N) is 1. The van der Waals surface area contributed by atoms with Crippen molar-refractivity contribution in [2.75, 3.05) is 0 Å². The average molecular weight is 300 g/mol. The van der Waals surface area contributed by atoms with Crippen LogP contribution in [0.5, 0.6) is 0 Å². The molecular formula is C11H7BrFNOS. The van der Waals surface area contributed by atoms with E-state index in [0.717, 1.165) is 5.56 Å². The summed E-state index contributed by atoms with van der Waals surface area (Å²) < 4.78 is 13.5. The van der Waals surface area contributed by atoms with Gasteiger partial charge in [-0.3, -0.25) is 4.79 Å². The number of carbonyl (C=O) groups is 1. The number of hydrogen-bond donors (Lipinski definition) is 0. The maximum Gasteiger partial charge on any atom is 0.171 e. The Morgan fingerprint density at radius 3 is 2.81 bits per heavy atom. The van der Waals surface area contributed by atoms with Gasteiger partial charge in [0.15, 0.2) is 5.78 Å². The summed E-state index contributed by atoms with van der Waals surface area (Å²) in [5.41, 5.74) is 0.791. The summed E-state index contributed by atoms with van der Waals surface area (Å²) in [7, 11) is 0. The topological polar surface area (TPSA) is 30.0 Å². The first-order valence-electron chi connectivity index (χ1n) is 4.50. The largest absolute Gasteiger partial charge is 0.294 e. The van der Waals surface area contributed by atoms with Crippen LogP contribution in [-0.4, -0.2) is 10.8 Å². The van der Waals surface area contributed by atoms with Crippen molar-refractivity contribution in [1.29, 1.82) is 0 Å². The molecule has 0 bridgehead atoms. The molecule has 0 aliphatic carbocycles. The van der Waals surface area contributed by atoms with Gasteiger partial charge in [0.25, 0.3) is 0 Å². The van der Waals surface area contributed by atoms with Crippen molar-refractivity contribution in [2.24, 2.45) is 0 Å². The van der Waals surface area contributed by atoms with Crippen molar-refractivity contribution >= 4 is 33.0 Å². The molecular weight excluding hydrogens is 293 g/mol. The Hall–Kier alpha value is -1.07. The molecule has 0 aliphatic rings. The number of Topliss-reactive ketones (excluding diaryl/α,β-unsaturated/α-hetero) is 1. The van der Waals surface area contributed by atoms with Crippen LogP contribution in [0.2, 0.25) is 0 Å². The summed E-state index contributed by atoms with van der Waals surface area (Å²) in [5.74, 6) is -0.319. The highest BCUT2D eigenvalue weighted by atomic mass is 79.9. The molecule has 1 heterocycles. The minimum atomic E-state index is -0.307. The minimum absolute atomic E-state index is 0.0121. The molecule has 16 heavy (non-hydrogen) atoms. The van der Waals surface area contributed by atoms with E-state index >= 15 is 0 Å². The monoisotopic (exact) mass is 299 g/mol. The fraction of sp³-hybridized carbons (Fsp3) is 0.0909. The quantitative estimate of drug-likeness (QED) is 0.787. The van der Waals surface area contributed by atoms with Gasteiger partial charge in [-0.2, -0.15) is 0 Å². The van der Waals surface area contributed by atoms with Crippen molar-refractivity contribution in [3.8, 4) is 10.6 Å². The van der Waals surface area contributed by atoms with Crippen molar-refractivity contribution in [1.82, 2.24) is 4.98 Å². The van der Waals surface area contributed by atoms with E-state index in [9.17, 15) is 9.18 Å². The summed E-state index contributed by atoms with van der Waals surface area (Å²) in [6.07, 6.45) is 1.54. The van der Waals surface area contributed by atoms with Gasteiger partial charge in [0.05, 0.1) is 4.88 Å². The zero-order valence-corrected chi connectivity index (χ0v) is 10.7. The highest BCUT2D eigenvalue weighted by Gasteiger charge is 2.10. The van der Waals surface area contributed by atoms with E-state index in [2.05, 4.69) is 20.9 Å². The van der Waals surface area contributed by atoms with E-state index in [1.165, 1.54) is 36.6 Å². The molecule has 0 radical (unpaired) electrons. The fourth-order valence-electron chi connectivity index (χ4n) is 1.22. The van der Waals surface area contributed by atoms with Crippen LogP contribution in [0, 0.1) is 5.82 Å². The third-order valence-corrected chi connectivity index (χ3v) is 3.80. The molecule has 2 aromatic rings. The van der Waals surface area contributed by atoms with Crippen LogP contribution in [0.15, 0.2) is 28.9 Å². The number of rotatable bonds is 2. The molecule has 5 heteroatoms. The lowest BCUT2D eigenvalue weighted by molar-refractivity contribution is 0.102. The van der Waals surface area contributed by atoms with Gasteiger partial charge in [-0.15, -0.1) is 11.3 Å². The molecule has 0 spiro atoms. The number of benzene rings is 1. The maximum atomic E-state index is 12.9. The zero-order valence-electron chi connectivity index (χ0n) is 8.33. The van der Waals surface area contributed by atoms with Gasteiger partial charge in [-0.1, -0.05) is 0 Å². The second-order valence-electron chi connectivity index (χ2n) is 3.21. The van der Waals surface area contributed by atoms with Gasteiger partial charge >= 0.3 is 0 Å². The average Bonchev–Trinajstić information content (AvgIpc) is 2.66. The Morgan fingerprint density at radius 2 is 2.25 bits per heavy atom. The molecule has 0 saturated heterocycles. The van der Waals surface area contributed by atoms with E-state index in [1.54, 1.807) is 6.07 Å². The lowest BCUT2D eigenvalue weighted by Crippen LogP contribution is -1.83. The van der Waals surface area contributed by atoms with Gasteiger partial charge in [0, 0.05) is 23.2 Å². The Labute approximate surface area is 104 Å². The van der Waals surface area contributed by atoms with Crippen LogP contribution in [0.1, 0.15) is 16.6 Å². The maximum absolute atomic E-state index is 12.9. The molecule has 0 fully saturated rings. The molecule has 0 aliphatic heterocycles. The van der Waals surface area contributed by atoms with E-state index in [-0.39, 0.29) is 11.6 Å². The number of carbonyl (C=O) groups excluding carboxylic acids is 1. The molecule has 1 aromatic carbocycles. The van der Waals surface area contributed by atoms with Crippen molar-refractivity contribution in [3.63, 3.8) is 0 Å². The van der Waals surface area contributed by atoms with Gasteiger partial charge in [0.2, 0.25) is 0 Å². The number of thiazole rings is 1. The predicted octanol–water partition coefficient (Wildman–Crippen LogP) is 3.91. The number of aromatic nitrogens is 1. The third kappa shape index (κ3) is 2.20. The standard InChI is InChI=1S/C11H7BrFNOS/c1-6(15)10-5-14-11(16-10)8-3-2-7(13)4-9(8)12/h2-5H,1H3. The Balaban J connectivity index is 2.46. The van der Waals surface area contributed by atoms with Crippen LogP contribution in [0.3, 0.4) is 0 Å². The molecule has 2 rings (SSSR count). The molecule has 1 aromatic heterocycles. The smallest absolute Gasteiger partial charge is 0.171 e. The number of ketones is 1. The van der Waals surface area contributed by atoms with E-state index in [4.69, 9.17) is 0 Å². The summed E-state index contributed by atoms with van der Waals surface area (Å²) >= 11 is 4.57. The predicted molar refractivity (Wildman–Crippen MR) is 65.2 cm³/mol. The lowest BCUT2D eigenvalue weighted by Gasteiger charge is -1.99. The van der Waals surface area contributed by atoms with Gasteiger partial charge in [0.1, 0.15) is 10.8 Å². The van der Waals surface area contributed by atoms with Gasteiger partial charge in [-0.05, 0) is 34.1 Å². The molecule has 0 atom stereocenters.